The van der Waals surface area contributed by atoms with E-state index in [2.05, 4.69) is 20.1 Å². The van der Waals surface area contributed by atoms with Crippen LogP contribution >= 0.6 is 0 Å². The molecule has 0 aromatic carbocycles. The van der Waals surface area contributed by atoms with E-state index in [4.69, 9.17) is 0 Å². The number of rotatable bonds is 5. The average Bonchev–Trinajstić information content (AvgIpc) is 3.08. The van der Waals surface area contributed by atoms with Crippen LogP contribution in [0.3, 0.4) is 0 Å². The van der Waals surface area contributed by atoms with Crippen molar-refractivity contribution in [3.05, 3.63) is 30.1 Å². The summed E-state index contributed by atoms with van der Waals surface area (Å²) in [6.45, 7) is 5.25. The van der Waals surface area contributed by atoms with E-state index in [1.54, 1.807) is 6.20 Å². The van der Waals surface area contributed by atoms with Gasteiger partial charge in [0.25, 0.3) is 0 Å². The molecule has 2 saturated heterocycles. The lowest BCUT2D eigenvalue weighted by atomic mass is 9.92. The van der Waals surface area contributed by atoms with Gasteiger partial charge in [0.2, 0.25) is 5.91 Å². The molecule has 29 heavy (non-hydrogen) atoms. The number of amides is 1. The summed E-state index contributed by atoms with van der Waals surface area (Å²) in [5.41, 5.74) is 0.929. The first-order valence-electron chi connectivity index (χ1n) is 12.0. The van der Waals surface area contributed by atoms with Gasteiger partial charge in [-0.05, 0) is 76.8 Å². The van der Waals surface area contributed by atoms with Crippen LogP contribution in [0.15, 0.2) is 24.4 Å². The van der Waals surface area contributed by atoms with E-state index in [1.807, 2.05) is 18.2 Å². The molecule has 0 atom stereocenters. The summed E-state index contributed by atoms with van der Waals surface area (Å²) in [6.07, 6.45) is 15.0. The number of nitrogens with zero attached hydrogens (tertiary/aromatic N) is 3. The molecular weight excluding hydrogens is 360 g/mol. The number of piperidine rings is 2. The summed E-state index contributed by atoms with van der Waals surface area (Å²) in [5, 5.41) is 3.08. The molecule has 1 aromatic rings. The van der Waals surface area contributed by atoms with Crippen molar-refractivity contribution in [3.63, 3.8) is 0 Å². The van der Waals surface area contributed by atoms with E-state index in [0.717, 1.165) is 43.7 Å². The molecule has 3 heterocycles. The number of likely N-dealkylation sites (tertiary alicyclic amines) is 2. The zero-order valence-electron chi connectivity index (χ0n) is 17.9. The monoisotopic (exact) mass is 398 g/mol. The second-order valence-electron chi connectivity index (χ2n) is 9.26. The number of pyridine rings is 1. The SMILES string of the molecule is O=C(NCc1ccccn1)C1CCN(C2CCN(C3CCCCCC3)CC2)CC1. The Balaban J connectivity index is 1.17. The molecule has 2 aliphatic heterocycles. The zero-order chi connectivity index (χ0) is 19.9. The largest absolute Gasteiger partial charge is 0.350 e. The topological polar surface area (TPSA) is 48.5 Å². The van der Waals surface area contributed by atoms with Crippen LogP contribution in [0.1, 0.15) is 69.9 Å². The molecule has 1 N–H and O–H groups in total. The Morgan fingerprint density at radius 2 is 1.48 bits per heavy atom. The van der Waals surface area contributed by atoms with Gasteiger partial charge in [0.15, 0.2) is 0 Å². The van der Waals surface area contributed by atoms with Gasteiger partial charge in [-0.2, -0.15) is 0 Å². The number of carbonyl (C=O) groups is 1. The van der Waals surface area contributed by atoms with Gasteiger partial charge in [-0.1, -0.05) is 31.7 Å². The van der Waals surface area contributed by atoms with Gasteiger partial charge >= 0.3 is 0 Å². The highest BCUT2D eigenvalue weighted by Gasteiger charge is 2.32. The number of carbonyl (C=O) groups excluding carboxylic acids is 1. The Morgan fingerprint density at radius 3 is 2.10 bits per heavy atom. The first kappa shape index (κ1) is 20.8. The molecule has 0 unspecified atom stereocenters. The van der Waals surface area contributed by atoms with Crippen molar-refractivity contribution in [1.29, 1.82) is 0 Å². The van der Waals surface area contributed by atoms with Gasteiger partial charge in [-0.25, -0.2) is 0 Å². The maximum atomic E-state index is 12.5. The van der Waals surface area contributed by atoms with Crippen molar-refractivity contribution >= 4 is 5.91 Å². The van der Waals surface area contributed by atoms with E-state index >= 15 is 0 Å². The van der Waals surface area contributed by atoms with Crippen molar-refractivity contribution in [2.75, 3.05) is 26.2 Å². The minimum absolute atomic E-state index is 0.168. The number of aromatic nitrogens is 1. The van der Waals surface area contributed by atoms with Crippen molar-refractivity contribution in [3.8, 4) is 0 Å². The molecule has 5 nitrogen and oxygen atoms in total. The van der Waals surface area contributed by atoms with Gasteiger partial charge in [-0.15, -0.1) is 0 Å². The first-order chi connectivity index (χ1) is 14.3. The third-order valence-corrected chi connectivity index (χ3v) is 7.43. The van der Waals surface area contributed by atoms with E-state index in [0.29, 0.717) is 6.54 Å². The fraction of sp³-hybridized carbons (Fsp3) is 0.750. The summed E-state index contributed by atoms with van der Waals surface area (Å²) in [6, 6.07) is 7.42. The maximum Gasteiger partial charge on any atom is 0.223 e. The minimum Gasteiger partial charge on any atom is -0.350 e. The molecular formula is C24H38N4O. The summed E-state index contributed by atoms with van der Waals surface area (Å²) < 4.78 is 0. The van der Waals surface area contributed by atoms with E-state index in [1.165, 1.54) is 64.5 Å². The Kier molecular flexibility index (Phi) is 7.55. The molecule has 0 spiro atoms. The summed E-state index contributed by atoms with van der Waals surface area (Å²) in [7, 11) is 0. The van der Waals surface area contributed by atoms with E-state index in [9.17, 15) is 4.79 Å². The summed E-state index contributed by atoms with van der Waals surface area (Å²) >= 11 is 0. The van der Waals surface area contributed by atoms with E-state index < -0.39 is 0 Å². The van der Waals surface area contributed by atoms with Crippen molar-refractivity contribution < 1.29 is 4.79 Å². The highest BCUT2D eigenvalue weighted by Crippen LogP contribution is 2.28. The first-order valence-corrected chi connectivity index (χ1v) is 12.0. The molecule has 1 amide bonds. The van der Waals surface area contributed by atoms with Crippen molar-refractivity contribution in [2.24, 2.45) is 5.92 Å². The Labute approximate surface area is 176 Å². The summed E-state index contributed by atoms with van der Waals surface area (Å²) in [4.78, 5) is 22.3. The standard InChI is InChI=1S/C24H38N4O/c29-24(26-19-21-7-5-6-14-25-21)20-10-15-27(16-11-20)23-12-17-28(18-13-23)22-8-3-1-2-4-9-22/h5-7,14,20,22-23H,1-4,8-13,15-19H2,(H,26,29). The molecule has 5 heteroatoms. The normalized spacial score (nSPS) is 24.3. The van der Waals surface area contributed by atoms with Crippen LogP contribution in [0.2, 0.25) is 0 Å². The van der Waals surface area contributed by atoms with Gasteiger partial charge in [0.05, 0.1) is 12.2 Å². The van der Waals surface area contributed by atoms with Gasteiger partial charge < -0.3 is 15.1 Å². The van der Waals surface area contributed by atoms with Gasteiger partial charge in [0.1, 0.15) is 0 Å². The minimum atomic E-state index is 0.168. The summed E-state index contributed by atoms with van der Waals surface area (Å²) in [5.74, 6) is 0.375. The van der Waals surface area contributed by atoms with Crippen LogP contribution in [0, 0.1) is 5.92 Å². The molecule has 0 bridgehead atoms. The smallest absolute Gasteiger partial charge is 0.223 e. The predicted molar refractivity (Wildman–Crippen MR) is 116 cm³/mol. The number of nitrogens with one attached hydrogen (secondary N) is 1. The quantitative estimate of drug-likeness (QED) is 0.770. The predicted octanol–water partition coefficient (Wildman–Crippen LogP) is 3.60. The molecule has 1 aliphatic carbocycles. The van der Waals surface area contributed by atoms with Crippen LogP contribution in [-0.4, -0.2) is 59.0 Å². The highest BCUT2D eigenvalue weighted by atomic mass is 16.1. The van der Waals surface area contributed by atoms with Crippen LogP contribution in [0.5, 0.6) is 0 Å². The third kappa shape index (κ3) is 5.79. The third-order valence-electron chi connectivity index (χ3n) is 7.43. The average molecular weight is 399 g/mol. The zero-order valence-corrected chi connectivity index (χ0v) is 17.9. The van der Waals surface area contributed by atoms with E-state index in [-0.39, 0.29) is 11.8 Å². The number of hydrogen-bond donors (Lipinski definition) is 1. The van der Waals surface area contributed by atoms with Crippen LogP contribution in [0.4, 0.5) is 0 Å². The Bertz CT molecular complexity index is 613. The molecule has 3 aliphatic rings. The van der Waals surface area contributed by atoms with Gasteiger partial charge in [-0.3, -0.25) is 9.78 Å². The second-order valence-corrected chi connectivity index (χ2v) is 9.26. The molecule has 4 rings (SSSR count). The van der Waals surface area contributed by atoms with Crippen molar-refractivity contribution in [1.82, 2.24) is 20.1 Å². The van der Waals surface area contributed by atoms with Gasteiger partial charge in [0, 0.05) is 24.2 Å². The molecule has 1 aromatic heterocycles. The number of hydrogen-bond acceptors (Lipinski definition) is 4. The maximum absolute atomic E-state index is 12.5. The van der Waals surface area contributed by atoms with Crippen LogP contribution < -0.4 is 5.32 Å². The fourth-order valence-electron chi connectivity index (χ4n) is 5.59. The van der Waals surface area contributed by atoms with Crippen molar-refractivity contribution in [2.45, 2.75) is 82.8 Å². The lowest BCUT2D eigenvalue weighted by Crippen LogP contribution is -2.50. The second kappa shape index (κ2) is 10.5. The fourth-order valence-corrected chi connectivity index (χ4v) is 5.59. The highest BCUT2D eigenvalue weighted by molar-refractivity contribution is 5.78. The lowest BCUT2D eigenvalue weighted by molar-refractivity contribution is -0.126. The molecule has 0 radical (unpaired) electrons. The van der Waals surface area contributed by atoms with Crippen LogP contribution in [0.25, 0.3) is 0 Å². The molecule has 3 fully saturated rings. The molecule has 160 valence electrons. The molecule has 1 saturated carbocycles. The Morgan fingerprint density at radius 1 is 0.862 bits per heavy atom. The van der Waals surface area contributed by atoms with Crippen LogP contribution in [-0.2, 0) is 11.3 Å². The Hall–Kier alpha value is -1.46. The lowest BCUT2D eigenvalue weighted by Gasteiger charge is -2.43.